The Hall–Kier alpha value is -1.80. The number of rotatable bonds is 3. The third kappa shape index (κ3) is 3.36. The van der Waals surface area contributed by atoms with E-state index in [2.05, 4.69) is 15.5 Å². The van der Waals surface area contributed by atoms with Crippen molar-refractivity contribution >= 4 is 23.3 Å². The molecule has 2 aromatic rings. The lowest BCUT2D eigenvalue weighted by molar-refractivity contribution is -0.137. The molecule has 1 aromatic carbocycles. The summed E-state index contributed by atoms with van der Waals surface area (Å²) in [6.45, 7) is 0.0397. The molecular weight excluding hydrogens is 285 g/mol. The molecule has 0 spiro atoms. The van der Waals surface area contributed by atoms with Crippen molar-refractivity contribution in [3.63, 3.8) is 0 Å². The van der Waals surface area contributed by atoms with Crippen molar-refractivity contribution in [1.82, 2.24) is 10.2 Å². The molecule has 0 aliphatic rings. The third-order valence-electron chi connectivity index (χ3n) is 2.12. The zero-order chi connectivity index (χ0) is 14.0. The number of alkyl halides is 3. The van der Waals surface area contributed by atoms with Crippen molar-refractivity contribution in [2.75, 3.05) is 5.32 Å². The van der Waals surface area contributed by atoms with Crippen LogP contribution < -0.4 is 11.1 Å². The molecule has 0 saturated heterocycles. The lowest BCUT2D eigenvalue weighted by Crippen LogP contribution is -2.05. The minimum atomic E-state index is -4.49. The minimum Gasteiger partial charge on any atom is -0.406 e. The fourth-order valence-electron chi connectivity index (χ4n) is 1.34. The van der Waals surface area contributed by atoms with Gasteiger partial charge in [-0.2, -0.15) is 13.2 Å². The first-order chi connectivity index (χ1) is 8.88. The van der Waals surface area contributed by atoms with Gasteiger partial charge in [0.25, 0.3) is 0 Å². The maximum Gasteiger partial charge on any atom is 0.416 e. The maximum atomic E-state index is 12.6. The van der Waals surface area contributed by atoms with Crippen LogP contribution >= 0.6 is 11.6 Å². The molecule has 9 heteroatoms. The van der Waals surface area contributed by atoms with E-state index in [0.717, 1.165) is 12.1 Å². The summed E-state index contributed by atoms with van der Waals surface area (Å²) in [6.07, 6.45) is -4.49. The summed E-state index contributed by atoms with van der Waals surface area (Å²) in [7, 11) is 0. The van der Waals surface area contributed by atoms with Crippen LogP contribution in [-0.2, 0) is 12.7 Å². The van der Waals surface area contributed by atoms with Crippen LogP contribution in [0.25, 0.3) is 0 Å². The van der Waals surface area contributed by atoms with Crippen LogP contribution in [0.15, 0.2) is 22.6 Å². The summed E-state index contributed by atoms with van der Waals surface area (Å²) in [5, 5.41) is 9.61. The van der Waals surface area contributed by atoms with Crippen molar-refractivity contribution in [2.45, 2.75) is 12.7 Å². The van der Waals surface area contributed by atoms with Crippen molar-refractivity contribution in [2.24, 2.45) is 5.73 Å². The van der Waals surface area contributed by atoms with E-state index in [1.54, 1.807) is 0 Å². The first kappa shape index (κ1) is 13.6. The van der Waals surface area contributed by atoms with Crippen LogP contribution in [0.1, 0.15) is 11.5 Å². The first-order valence-corrected chi connectivity index (χ1v) is 5.43. The van der Waals surface area contributed by atoms with Crippen LogP contribution in [0.5, 0.6) is 0 Å². The first-order valence-electron chi connectivity index (χ1n) is 5.06. The van der Waals surface area contributed by atoms with Gasteiger partial charge >= 0.3 is 12.2 Å². The second-order valence-electron chi connectivity index (χ2n) is 3.56. The summed E-state index contributed by atoms with van der Waals surface area (Å²) in [6, 6.07) is 2.96. The lowest BCUT2D eigenvalue weighted by Gasteiger charge is -2.09. The number of hydrogen-bond donors (Lipinski definition) is 2. The van der Waals surface area contributed by atoms with Gasteiger partial charge in [0.1, 0.15) is 0 Å². The zero-order valence-corrected chi connectivity index (χ0v) is 10.1. The Morgan fingerprint density at radius 2 is 2.00 bits per heavy atom. The Balaban J connectivity index is 2.27. The summed E-state index contributed by atoms with van der Waals surface area (Å²) in [5.41, 5.74) is 4.48. The average Bonchev–Trinajstić information content (AvgIpc) is 2.75. The number of nitrogens with two attached hydrogens (primary N) is 1. The van der Waals surface area contributed by atoms with Gasteiger partial charge in [0, 0.05) is 10.7 Å². The highest BCUT2D eigenvalue weighted by molar-refractivity contribution is 6.31. The number of halogens is 4. The summed E-state index contributed by atoms with van der Waals surface area (Å²) in [5.74, 6) is 0.167. The topological polar surface area (TPSA) is 77.0 Å². The van der Waals surface area contributed by atoms with E-state index < -0.39 is 11.7 Å². The number of nitrogens with zero attached hydrogens (tertiary/aromatic N) is 2. The molecule has 0 radical (unpaired) electrons. The van der Waals surface area contributed by atoms with Gasteiger partial charge in [-0.3, -0.25) is 0 Å². The highest BCUT2D eigenvalue weighted by Crippen LogP contribution is 2.33. The molecule has 102 valence electrons. The van der Waals surface area contributed by atoms with E-state index in [1.165, 1.54) is 6.07 Å². The predicted octanol–water partition coefficient (Wildman–Crippen LogP) is 2.94. The Morgan fingerprint density at radius 3 is 2.58 bits per heavy atom. The number of anilines is 2. The van der Waals surface area contributed by atoms with Crippen LogP contribution in [0, 0.1) is 0 Å². The van der Waals surface area contributed by atoms with Gasteiger partial charge < -0.3 is 15.5 Å². The number of hydrogen-bond acceptors (Lipinski definition) is 5. The molecule has 1 aromatic heterocycles. The minimum absolute atomic E-state index is 0.0397. The van der Waals surface area contributed by atoms with Gasteiger partial charge in [-0.05, 0) is 18.2 Å². The van der Waals surface area contributed by atoms with Crippen molar-refractivity contribution < 1.29 is 17.6 Å². The van der Waals surface area contributed by atoms with Crippen molar-refractivity contribution in [1.29, 1.82) is 0 Å². The van der Waals surface area contributed by atoms with Gasteiger partial charge in [0.05, 0.1) is 12.1 Å². The molecular formula is C10H8ClF3N4O. The molecule has 19 heavy (non-hydrogen) atoms. The number of benzene rings is 1. The number of nitrogens with one attached hydrogen (secondary N) is 1. The molecule has 0 atom stereocenters. The van der Waals surface area contributed by atoms with Crippen molar-refractivity contribution in [3.8, 4) is 0 Å². The van der Waals surface area contributed by atoms with Gasteiger partial charge in [0.2, 0.25) is 5.89 Å². The van der Waals surface area contributed by atoms with Gasteiger partial charge in [-0.1, -0.05) is 16.7 Å². The van der Waals surface area contributed by atoms with Gasteiger partial charge in [-0.25, -0.2) is 0 Å². The summed E-state index contributed by atoms with van der Waals surface area (Å²) < 4.78 is 42.8. The Bertz CT molecular complexity index is 584. The second-order valence-corrected chi connectivity index (χ2v) is 3.99. The monoisotopic (exact) mass is 292 g/mol. The number of aromatic nitrogens is 2. The second kappa shape index (κ2) is 5.06. The van der Waals surface area contributed by atoms with E-state index in [9.17, 15) is 13.2 Å². The highest BCUT2D eigenvalue weighted by atomic mass is 35.5. The van der Waals surface area contributed by atoms with Crippen LogP contribution in [0.4, 0.5) is 24.9 Å². The largest absolute Gasteiger partial charge is 0.416 e. The average molecular weight is 293 g/mol. The molecule has 0 aliphatic heterocycles. The van der Waals surface area contributed by atoms with Crippen LogP contribution in [-0.4, -0.2) is 10.2 Å². The Morgan fingerprint density at radius 1 is 1.26 bits per heavy atom. The molecule has 0 fully saturated rings. The molecule has 0 saturated carbocycles. The zero-order valence-electron chi connectivity index (χ0n) is 9.33. The molecule has 5 nitrogen and oxygen atoms in total. The van der Waals surface area contributed by atoms with E-state index in [-0.39, 0.29) is 29.2 Å². The fourth-order valence-corrected chi connectivity index (χ4v) is 1.57. The predicted molar refractivity (Wildman–Crippen MR) is 61.9 cm³/mol. The van der Waals surface area contributed by atoms with E-state index in [0.29, 0.717) is 0 Å². The molecule has 1 heterocycles. The quantitative estimate of drug-likeness (QED) is 0.909. The van der Waals surface area contributed by atoms with Gasteiger partial charge in [0.15, 0.2) is 0 Å². The summed E-state index contributed by atoms with van der Waals surface area (Å²) in [4.78, 5) is 0. The van der Waals surface area contributed by atoms with E-state index >= 15 is 0 Å². The van der Waals surface area contributed by atoms with Gasteiger partial charge in [-0.15, -0.1) is 5.10 Å². The van der Waals surface area contributed by atoms with Crippen LogP contribution in [0.3, 0.4) is 0 Å². The van der Waals surface area contributed by atoms with Crippen LogP contribution in [0.2, 0.25) is 5.02 Å². The van der Waals surface area contributed by atoms with E-state index in [4.69, 9.17) is 21.8 Å². The smallest absolute Gasteiger partial charge is 0.406 e. The lowest BCUT2D eigenvalue weighted by atomic mass is 10.2. The molecule has 0 aliphatic carbocycles. The Labute approximate surface area is 110 Å². The molecule has 0 unspecified atom stereocenters. The molecule has 2 rings (SSSR count). The van der Waals surface area contributed by atoms with E-state index in [1.807, 2.05) is 0 Å². The normalized spacial score (nSPS) is 11.6. The standard InChI is InChI=1S/C10H8ClF3N4O/c11-6-1-5(10(12,13)14)2-7(3-6)16-9-18-17-8(4-15)19-9/h1-3H,4,15H2,(H,16,18). The molecule has 0 amide bonds. The Kier molecular flexibility index (Phi) is 3.63. The molecule has 0 bridgehead atoms. The fraction of sp³-hybridized carbons (Fsp3) is 0.200. The molecule has 3 N–H and O–H groups in total. The maximum absolute atomic E-state index is 12.6. The third-order valence-corrected chi connectivity index (χ3v) is 2.34. The summed E-state index contributed by atoms with van der Waals surface area (Å²) >= 11 is 5.63. The SMILES string of the molecule is NCc1nnc(Nc2cc(Cl)cc(C(F)(F)F)c2)o1. The highest BCUT2D eigenvalue weighted by Gasteiger charge is 2.31. The van der Waals surface area contributed by atoms with Crippen molar-refractivity contribution in [3.05, 3.63) is 34.7 Å².